The van der Waals surface area contributed by atoms with E-state index in [0.717, 1.165) is 36.1 Å². The third kappa shape index (κ3) is 4.32. The SMILES string of the molecule is CCc1ccc(NC(=O)COC(=O)CN2C(=O)NC3(CCCCC3)C2=O)cc1. The Morgan fingerprint density at radius 1 is 1.14 bits per heavy atom. The first kappa shape index (κ1) is 19.9. The first-order valence-corrected chi connectivity index (χ1v) is 9.62. The number of nitrogens with zero attached hydrogens (tertiary/aromatic N) is 1. The highest BCUT2D eigenvalue weighted by Crippen LogP contribution is 2.33. The summed E-state index contributed by atoms with van der Waals surface area (Å²) in [6.45, 7) is 1.06. The number of esters is 1. The molecule has 1 aliphatic carbocycles. The summed E-state index contributed by atoms with van der Waals surface area (Å²) in [5, 5.41) is 5.36. The number of aryl methyl sites for hydroxylation is 1. The van der Waals surface area contributed by atoms with Crippen LogP contribution in [0.1, 0.15) is 44.6 Å². The highest BCUT2D eigenvalue weighted by atomic mass is 16.5. The van der Waals surface area contributed by atoms with E-state index in [1.165, 1.54) is 0 Å². The van der Waals surface area contributed by atoms with Crippen LogP contribution in [0.5, 0.6) is 0 Å². The fraction of sp³-hybridized carbons (Fsp3) is 0.500. The van der Waals surface area contributed by atoms with E-state index in [4.69, 9.17) is 4.74 Å². The zero-order chi connectivity index (χ0) is 20.1. The lowest BCUT2D eigenvalue weighted by Gasteiger charge is -2.30. The van der Waals surface area contributed by atoms with Crippen LogP contribution in [-0.2, 0) is 25.5 Å². The second-order valence-corrected chi connectivity index (χ2v) is 7.22. The van der Waals surface area contributed by atoms with E-state index >= 15 is 0 Å². The van der Waals surface area contributed by atoms with Crippen LogP contribution in [-0.4, -0.2) is 47.4 Å². The molecule has 0 bridgehead atoms. The van der Waals surface area contributed by atoms with Crippen molar-refractivity contribution in [2.45, 2.75) is 51.0 Å². The van der Waals surface area contributed by atoms with Crippen LogP contribution in [0.3, 0.4) is 0 Å². The van der Waals surface area contributed by atoms with Crippen molar-refractivity contribution in [2.24, 2.45) is 0 Å². The van der Waals surface area contributed by atoms with Gasteiger partial charge in [0.1, 0.15) is 12.1 Å². The van der Waals surface area contributed by atoms with Gasteiger partial charge in [0.15, 0.2) is 6.61 Å². The number of amides is 4. The predicted molar refractivity (Wildman–Crippen MR) is 101 cm³/mol. The zero-order valence-corrected chi connectivity index (χ0v) is 16.0. The molecular formula is C20H25N3O5. The summed E-state index contributed by atoms with van der Waals surface area (Å²) in [6, 6.07) is 6.77. The Hall–Kier alpha value is -2.90. The Bertz CT molecular complexity index is 769. The summed E-state index contributed by atoms with van der Waals surface area (Å²) in [5.41, 5.74) is 0.873. The number of imide groups is 1. The second kappa shape index (κ2) is 8.41. The number of carbonyl (C=O) groups excluding carboxylic acids is 4. The van der Waals surface area contributed by atoms with Gasteiger partial charge in [-0.05, 0) is 37.0 Å². The van der Waals surface area contributed by atoms with Crippen LogP contribution in [0, 0.1) is 0 Å². The fourth-order valence-electron chi connectivity index (χ4n) is 3.66. The van der Waals surface area contributed by atoms with Gasteiger partial charge < -0.3 is 15.4 Å². The maximum Gasteiger partial charge on any atom is 0.326 e. The fourth-order valence-corrected chi connectivity index (χ4v) is 3.66. The number of hydrogen-bond donors (Lipinski definition) is 2. The van der Waals surface area contributed by atoms with Gasteiger partial charge in [0.05, 0.1) is 0 Å². The van der Waals surface area contributed by atoms with Gasteiger partial charge in [-0.2, -0.15) is 0 Å². The summed E-state index contributed by atoms with van der Waals surface area (Å²) in [6.07, 6.45) is 4.83. The first-order valence-electron chi connectivity index (χ1n) is 9.62. The third-order valence-electron chi connectivity index (χ3n) is 5.25. The van der Waals surface area contributed by atoms with Gasteiger partial charge in [-0.15, -0.1) is 0 Å². The number of carbonyl (C=O) groups is 4. The molecule has 8 heteroatoms. The van der Waals surface area contributed by atoms with Crippen molar-refractivity contribution in [3.05, 3.63) is 29.8 Å². The normalized spacial score (nSPS) is 18.1. The summed E-state index contributed by atoms with van der Waals surface area (Å²) in [4.78, 5) is 49.6. The van der Waals surface area contributed by atoms with Crippen LogP contribution >= 0.6 is 0 Å². The molecule has 3 rings (SSSR count). The van der Waals surface area contributed by atoms with Crippen molar-refractivity contribution >= 4 is 29.5 Å². The van der Waals surface area contributed by atoms with E-state index in [9.17, 15) is 19.2 Å². The largest absolute Gasteiger partial charge is 0.454 e. The highest BCUT2D eigenvalue weighted by molar-refractivity contribution is 6.08. The molecule has 150 valence electrons. The van der Waals surface area contributed by atoms with Gasteiger partial charge in [-0.3, -0.25) is 19.3 Å². The minimum atomic E-state index is -0.877. The molecule has 4 amide bonds. The van der Waals surface area contributed by atoms with Gasteiger partial charge >= 0.3 is 12.0 Å². The minimum Gasteiger partial charge on any atom is -0.454 e. The molecule has 2 N–H and O–H groups in total. The van der Waals surface area contributed by atoms with Crippen molar-refractivity contribution < 1.29 is 23.9 Å². The lowest BCUT2D eigenvalue weighted by atomic mass is 9.82. The molecule has 2 fully saturated rings. The molecule has 0 atom stereocenters. The quantitative estimate of drug-likeness (QED) is 0.574. The molecular weight excluding hydrogens is 362 g/mol. The summed E-state index contributed by atoms with van der Waals surface area (Å²) < 4.78 is 4.93. The standard InChI is InChI=1S/C20H25N3O5/c1-2-14-6-8-15(9-7-14)21-16(24)13-28-17(25)12-23-18(26)20(22-19(23)27)10-4-3-5-11-20/h6-9H,2-5,10-13H2,1H3,(H,21,24)(H,22,27). The number of anilines is 1. The number of benzene rings is 1. The Balaban J connectivity index is 1.47. The van der Waals surface area contributed by atoms with Gasteiger partial charge in [0.25, 0.3) is 11.8 Å². The summed E-state index contributed by atoms with van der Waals surface area (Å²) >= 11 is 0. The van der Waals surface area contributed by atoms with Crippen molar-refractivity contribution in [2.75, 3.05) is 18.5 Å². The minimum absolute atomic E-state index is 0.380. The van der Waals surface area contributed by atoms with E-state index in [1.807, 2.05) is 19.1 Å². The molecule has 0 aromatic heterocycles. The highest BCUT2D eigenvalue weighted by Gasteiger charge is 2.51. The monoisotopic (exact) mass is 387 g/mol. The average molecular weight is 387 g/mol. The molecule has 1 saturated heterocycles. The topological polar surface area (TPSA) is 105 Å². The van der Waals surface area contributed by atoms with E-state index in [2.05, 4.69) is 10.6 Å². The van der Waals surface area contributed by atoms with E-state index in [1.54, 1.807) is 12.1 Å². The molecule has 0 unspecified atom stereocenters. The maximum absolute atomic E-state index is 12.6. The maximum atomic E-state index is 12.6. The Morgan fingerprint density at radius 3 is 2.46 bits per heavy atom. The molecule has 2 aliphatic rings. The summed E-state index contributed by atoms with van der Waals surface area (Å²) in [7, 11) is 0. The molecule has 1 aromatic rings. The number of nitrogens with one attached hydrogen (secondary N) is 2. The van der Waals surface area contributed by atoms with Crippen LogP contribution in [0.4, 0.5) is 10.5 Å². The van der Waals surface area contributed by atoms with Gasteiger partial charge in [-0.25, -0.2) is 4.79 Å². The molecule has 1 aliphatic heterocycles. The molecule has 1 saturated carbocycles. The van der Waals surface area contributed by atoms with Crippen LogP contribution < -0.4 is 10.6 Å². The molecule has 1 spiro atoms. The van der Waals surface area contributed by atoms with Gasteiger partial charge in [-0.1, -0.05) is 38.3 Å². The number of hydrogen-bond acceptors (Lipinski definition) is 5. The summed E-state index contributed by atoms with van der Waals surface area (Å²) in [5.74, 6) is -1.67. The van der Waals surface area contributed by atoms with Crippen LogP contribution in [0.25, 0.3) is 0 Å². The van der Waals surface area contributed by atoms with E-state index in [0.29, 0.717) is 18.5 Å². The molecule has 0 radical (unpaired) electrons. The van der Waals surface area contributed by atoms with Gasteiger partial charge in [0, 0.05) is 5.69 Å². The van der Waals surface area contributed by atoms with Crippen molar-refractivity contribution in [1.82, 2.24) is 10.2 Å². The van der Waals surface area contributed by atoms with Crippen LogP contribution in [0.15, 0.2) is 24.3 Å². The molecule has 8 nitrogen and oxygen atoms in total. The number of ether oxygens (including phenoxy) is 1. The van der Waals surface area contributed by atoms with E-state index < -0.39 is 36.6 Å². The third-order valence-corrected chi connectivity index (χ3v) is 5.25. The zero-order valence-electron chi connectivity index (χ0n) is 16.0. The second-order valence-electron chi connectivity index (χ2n) is 7.22. The Morgan fingerprint density at radius 2 is 1.82 bits per heavy atom. The Labute approximate surface area is 163 Å². The predicted octanol–water partition coefficient (Wildman–Crippen LogP) is 1.99. The molecule has 28 heavy (non-hydrogen) atoms. The van der Waals surface area contributed by atoms with Crippen LogP contribution in [0.2, 0.25) is 0 Å². The van der Waals surface area contributed by atoms with E-state index in [-0.39, 0.29) is 5.91 Å². The smallest absolute Gasteiger partial charge is 0.326 e. The molecule has 1 aromatic carbocycles. The first-order chi connectivity index (χ1) is 13.4. The average Bonchev–Trinajstić information content (AvgIpc) is 2.91. The lowest BCUT2D eigenvalue weighted by molar-refractivity contribution is -0.150. The molecule has 1 heterocycles. The van der Waals surface area contributed by atoms with Crippen molar-refractivity contribution in [1.29, 1.82) is 0 Å². The number of urea groups is 1. The van der Waals surface area contributed by atoms with Crippen molar-refractivity contribution in [3.63, 3.8) is 0 Å². The lowest BCUT2D eigenvalue weighted by Crippen LogP contribution is -2.48. The van der Waals surface area contributed by atoms with Gasteiger partial charge in [0.2, 0.25) is 0 Å². The Kier molecular flexibility index (Phi) is 5.96. The number of rotatable bonds is 6. The van der Waals surface area contributed by atoms with Crippen molar-refractivity contribution in [3.8, 4) is 0 Å².